The van der Waals surface area contributed by atoms with Crippen molar-refractivity contribution in [2.75, 3.05) is 13.1 Å². The summed E-state index contributed by atoms with van der Waals surface area (Å²) >= 11 is 7.44. The van der Waals surface area contributed by atoms with Crippen molar-refractivity contribution >= 4 is 41.3 Å². The molecule has 1 aliphatic carbocycles. The van der Waals surface area contributed by atoms with Crippen LogP contribution in [0.25, 0.3) is 0 Å². The minimum Gasteiger partial charge on any atom is -0.351 e. The van der Waals surface area contributed by atoms with Gasteiger partial charge in [0, 0.05) is 11.4 Å². The number of fused-ring (bicyclic) bond motifs is 1. The van der Waals surface area contributed by atoms with Crippen LogP contribution in [0.1, 0.15) is 30.6 Å². The number of hydrogen-bond donors (Lipinski definition) is 2. The second-order valence-electron chi connectivity index (χ2n) is 5.62. The van der Waals surface area contributed by atoms with Crippen LogP contribution in [0.15, 0.2) is 12.1 Å². The second-order valence-corrected chi connectivity index (χ2v) is 7.42. The quantitative estimate of drug-likeness (QED) is 0.891. The SMILES string of the molecule is Cl.O=C(NCc1ccc(Cl)s1)[C@@]12CCCC[C@H]1CNC2. The number of carbonyl (C=O) groups excluding carboxylic acids is 1. The van der Waals surface area contributed by atoms with Crippen molar-refractivity contribution in [2.45, 2.75) is 32.2 Å². The van der Waals surface area contributed by atoms with Gasteiger partial charge in [-0.15, -0.1) is 23.7 Å². The molecule has 2 heterocycles. The van der Waals surface area contributed by atoms with Crippen LogP contribution >= 0.6 is 35.3 Å². The molecule has 3 nitrogen and oxygen atoms in total. The molecule has 3 rings (SSSR count). The van der Waals surface area contributed by atoms with E-state index in [1.807, 2.05) is 12.1 Å². The molecule has 20 heavy (non-hydrogen) atoms. The second kappa shape index (κ2) is 6.65. The van der Waals surface area contributed by atoms with Gasteiger partial charge in [0.15, 0.2) is 0 Å². The average molecular weight is 335 g/mol. The standard InChI is InChI=1S/C14H19ClN2OS.ClH/c15-12-5-4-11(19-12)8-17-13(18)14-6-2-1-3-10(14)7-16-9-14;/h4-5,10,16H,1-3,6-9H2,(H,17,18);1H/t10-,14+;/m0./s1. The normalized spacial score (nSPS) is 28.6. The molecule has 0 aromatic carbocycles. The van der Waals surface area contributed by atoms with E-state index in [-0.39, 0.29) is 23.7 Å². The Hall–Kier alpha value is -0.290. The highest BCUT2D eigenvalue weighted by Crippen LogP contribution is 2.43. The summed E-state index contributed by atoms with van der Waals surface area (Å²) in [5.41, 5.74) is -0.153. The van der Waals surface area contributed by atoms with Gasteiger partial charge in [-0.05, 0) is 37.4 Å². The van der Waals surface area contributed by atoms with E-state index in [0.717, 1.165) is 28.7 Å². The lowest BCUT2D eigenvalue weighted by molar-refractivity contribution is -0.134. The number of halogens is 2. The van der Waals surface area contributed by atoms with Gasteiger partial charge in [0.25, 0.3) is 0 Å². The molecule has 2 fully saturated rings. The van der Waals surface area contributed by atoms with Gasteiger partial charge >= 0.3 is 0 Å². The number of nitrogens with one attached hydrogen (secondary N) is 2. The van der Waals surface area contributed by atoms with E-state index in [1.54, 1.807) is 0 Å². The van der Waals surface area contributed by atoms with Crippen LogP contribution < -0.4 is 10.6 Å². The summed E-state index contributed by atoms with van der Waals surface area (Å²) in [7, 11) is 0. The van der Waals surface area contributed by atoms with Crippen molar-refractivity contribution in [3.8, 4) is 0 Å². The molecule has 2 atom stereocenters. The largest absolute Gasteiger partial charge is 0.351 e. The Kier molecular flexibility index (Phi) is 5.35. The van der Waals surface area contributed by atoms with Crippen molar-refractivity contribution in [1.82, 2.24) is 10.6 Å². The van der Waals surface area contributed by atoms with E-state index in [1.165, 1.54) is 30.6 Å². The summed E-state index contributed by atoms with van der Waals surface area (Å²) in [6.45, 7) is 2.44. The third-order valence-corrected chi connectivity index (χ3v) is 5.77. The smallest absolute Gasteiger partial charge is 0.228 e. The predicted octanol–water partition coefficient (Wildman–Crippen LogP) is 3.22. The van der Waals surface area contributed by atoms with Gasteiger partial charge in [0.2, 0.25) is 5.91 Å². The van der Waals surface area contributed by atoms with E-state index in [9.17, 15) is 4.79 Å². The van der Waals surface area contributed by atoms with Gasteiger partial charge in [-0.2, -0.15) is 0 Å². The van der Waals surface area contributed by atoms with Crippen LogP contribution in [-0.4, -0.2) is 19.0 Å². The monoisotopic (exact) mass is 334 g/mol. The zero-order chi connectivity index (χ0) is 13.3. The van der Waals surface area contributed by atoms with E-state index in [0.29, 0.717) is 12.5 Å². The third kappa shape index (κ3) is 2.98. The molecule has 1 saturated heterocycles. The zero-order valence-corrected chi connectivity index (χ0v) is 13.7. The highest BCUT2D eigenvalue weighted by Gasteiger charge is 2.49. The van der Waals surface area contributed by atoms with E-state index >= 15 is 0 Å². The number of amides is 1. The first-order valence-electron chi connectivity index (χ1n) is 6.94. The van der Waals surface area contributed by atoms with Crippen molar-refractivity contribution < 1.29 is 4.79 Å². The van der Waals surface area contributed by atoms with Crippen molar-refractivity contribution in [3.63, 3.8) is 0 Å². The summed E-state index contributed by atoms with van der Waals surface area (Å²) in [6, 6.07) is 3.86. The number of carbonyl (C=O) groups is 1. The van der Waals surface area contributed by atoms with Gasteiger partial charge in [-0.25, -0.2) is 0 Å². The van der Waals surface area contributed by atoms with Crippen molar-refractivity contribution in [3.05, 3.63) is 21.3 Å². The Balaban J connectivity index is 0.00000147. The van der Waals surface area contributed by atoms with Crippen molar-refractivity contribution in [1.29, 1.82) is 0 Å². The maximum atomic E-state index is 12.6. The lowest BCUT2D eigenvalue weighted by atomic mass is 9.67. The lowest BCUT2D eigenvalue weighted by Gasteiger charge is -2.37. The number of rotatable bonds is 3. The maximum Gasteiger partial charge on any atom is 0.228 e. The topological polar surface area (TPSA) is 41.1 Å². The molecule has 1 amide bonds. The summed E-state index contributed by atoms with van der Waals surface area (Å²) in [4.78, 5) is 13.7. The van der Waals surface area contributed by atoms with E-state index in [2.05, 4.69) is 10.6 Å². The summed E-state index contributed by atoms with van der Waals surface area (Å²) in [5.74, 6) is 0.750. The zero-order valence-electron chi connectivity index (χ0n) is 11.3. The Morgan fingerprint density at radius 1 is 1.50 bits per heavy atom. The Bertz CT molecular complexity index is 479. The Labute approximate surface area is 134 Å². The highest BCUT2D eigenvalue weighted by atomic mass is 35.5. The fraction of sp³-hybridized carbons (Fsp3) is 0.643. The van der Waals surface area contributed by atoms with Gasteiger partial charge in [0.05, 0.1) is 16.3 Å². The average Bonchev–Trinajstić information content (AvgIpc) is 3.02. The predicted molar refractivity (Wildman–Crippen MR) is 85.7 cm³/mol. The minimum atomic E-state index is -0.153. The first kappa shape index (κ1) is 16.1. The molecule has 1 aromatic rings. The molecular formula is C14H20Cl2N2OS. The summed E-state index contributed by atoms with van der Waals surface area (Å²) in [6.07, 6.45) is 4.66. The molecule has 0 radical (unpaired) electrons. The fourth-order valence-electron chi connectivity index (χ4n) is 3.48. The molecule has 0 unspecified atom stereocenters. The molecule has 6 heteroatoms. The Morgan fingerprint density at radius 2 is 2.35 bits per heavy atom. The molecule has 0 spiro atoms. The number of thiophene rings is 1. The van der Waals surface area contributed by atoms with Gasteiger partial charge in [0.1, 0.15) is 0 Å². The molecule has 112 valence electrons. The molecule has 0 bridgehead atoms. The summed E-state index contributed by atoms with van der Waals surface area (Å²) < 4.78 is 0.778. The molecular weight excluding hydrogens is 315 g/mol. The van der Waals surface area contributed by atoms with Crippen LogP contribution in [0.3, 0.4) is 0 Å². The highest BCUT2D eigenvalue weighted by molar-refractivity contribution is 7.16. The van der Waals surface area contributed by atoms with Crippen LogP contribution in [0, 0.1) is 11.3 Å². The Morgan fingerprint density at radius 3 is 3.10 bits per heavy atom. The first-order chi connectivity index (χ1) is 9.21. The van der Waals surface area contributed by atoms with Crippen LogP contribution in [0.2, 0.25) is 4.34 Å². The molecule has 2 N–H and O–H groups in total. The van der Waals surface area contributed by atoms with Gasteiger partial charge in [-0.1, -0.05) is 24.4 Å². The minimum absolute atomic E-state index is 0. The molecule has 1 saturated carbocycles. The molecule has 2 aliphatic rings. The van der Waals surface area contributed by atoms with Crippen molar-refractivity contribution in [2.24, 2.45) is 11.3 Å². The van der Waals surface area contributed by atoms with Gasteiger partial charge in [-0.3, -0.25) is 4.79 Å². The van der Waals surface area contributed by atoms with Crippen LogP contribution in [0.5, 0.6) is 0 Å². The fourth-order valence-corrected chi connectivity index (χ4v) is 4.51. The molecule has 1 aliphatic heterocycles. The third-order valence-electron chi connectivity index (χ3n) is 4.54. The van der Waals surface area contributed by atoms with Crippen LogP contribution in [0.4, 0.5) is 0 Å². The van der Waals surface area contributed by atoms with Gasteiger partial charge < -0.3 is 10.6 Å². The molecule has 1 aromatic heterocycles. The van der Waals surface area contributed by atoms with E-state index in [4.69, 9.17) is 11.6 Å². The first-order valence-corrected chi connectivity index (χ1v) is 8.13. The lowest BCUT2D eigenvalue weighted by Crippen LogP contribution is -2.47. The maximum absolute atomic E-state index is 12.6. The van der Waals surface area contributed by atoms with E-state index < -0.39 is 0 Å². The summed E-state index contributed by atoms with van der Waals surface area (Å²) in [5, 5.41) is 6.53. The number of hydrogen-bond acceptors (Lipinski definition) is 3. The van der Waals surface area contributed by atoms with Crippen LogP contribution in [-0.2, 0) is 11.3 Å².